The Kier molecular flexibility index (Phi) is 7.08. The minimum Gasteiger partial charge on any atom is -0.354 e. The lowest BCUT2D eigenvalue weighted by Crippen LogP contribution is -2.45. The topological polar surface area (TPSA) is 75.9 Å². The Bertz CT molecular complexity index is 732. The number of likely N-dealkylation sites (tertiary alicyclic amines) is 1. The molecule has 1 amide bonds. The Morgan fingerprint density at radius 1 is 1.29 bits per heavy atom. The van der Waals surface area contributed by atoms with Gasteiger partial charge in [0.05, 0.1) is 12.1 Å². The average Bonchev–Trinajstić information content (AvgIpc) is 3.37. The normalized spacial score (nSPS) is 20.0. The van der Waals surface area contributed by atoms with E-state index in [9.17, 15) is 9.18 Å². The van der Waals surface area contributed by atoms with E-state index in [1.54, 1.807) is 23.1 Å². The molecule has 7 nitrogen and oxygen atoms in total. The SMILES string of the molecule is CCC(CC)CN1C[C@@H](n2cnnn2)C[C@H]1C(=O)NCCc1ccc(F)cc1. The van der Waals surface area contributed by atoms with Gasteiger partial charge >= 0.3 is 0 Å². The van der Waals surface area contributed by atoms with Gasteiger partial charge in [0.25, 0.3) is 0 Å². The average molecular weight is 388 g/mol. The molecule has 0 spiro atoms. The smallest absolute Gasteiger partial charge is 0.237 e. The predicted molar refractivity (Wildman–Crippen MR) is 104 cm³/mol. The number of nitrogens with zero attached hydrogens (tertiary/aromatic N) is 5. The van der Waals surface area contributed by atoms with E-state index in [0.29, 0.717) is 25.3 Å². The number of hydrogen-bond acceptors (Lipinski definition) is 5. The lowest BCUT2D eigenvalue weighted by atomic mass is 10.0. The molecule has 3 rings (SSSR count). The van der Waals surface area contributed by atoms with E-state index < -0.39 is 0 Å². The molecule has 1 N–H and O–H groups in total. The highest BCUT2D eigenvalue weighted by atomic mass is 19.1. The number of rotatable bonds is 9. The highest BCUT2D eigenvalue weighted by molar-refractivity contribution is 5.82. The summed E-state index contributed by atoms with van der Waals surface area (Å²) in [5.74, 6) is 0.371. The third kappa shape index (κ3) is 5.13. The zero-order valence-corrected chi connectivity index (χ0v) is 16.6. The van der Waals surface area contributed by atoms with Crippen LogP contribution in [0, 0.1) is 11.7 Å². The lowest BCUT2D eigenvalue weighted by molar-refractivity contribution is -0.125. The highest BCUT2D eigenvalue weighted by Crippen LogP contribution is 2.28. The summed E-state index contributed by atoms with van der Waals surface area (Å²) in [6.07, 6.45) is 5.20. The Hall–Kier alpha value is -2.35. The van der Waals surface area contributed by atoms with Crippen LogP contribution in [0.2, 0.25) is 0 Å². The van der Waals surface area contributed by atoms with E-state index >= 15 is 0 Å². The van der Waals surface area contributed by atoms with Gasteiger partial charge in [0.1, 0.15) is 12.1 Å². The number of carbonyl (C=O) groups is 1. The first-order valence-corrected chi connectivity index (χ1v) is 10.1. The number of halogens is 1. The van der Waals surface area contributed by atoms with Crippen LogP contribution < -0.4 is 5.32 Å². The molecule has 28 heavy (non-hydrogen) atoms. The molecule has 0 unspecified atom stereocenters. The number of aromatic nitrogens is 4. The second kappa shape index (κ2) is 9.73. The van der Waals surface area contributed by atoms with Gasteiger partial charge in [0, 0.05) is 19.6 Å². The highest BCUT2D eigenvalue weighted by Gasteiger charge is 2.38. The van der Waals surface area contributed by atoms with Crippen LogP contribution in [0.5, 0.6) is 0 Å². The van der Waals surface area contributed by atoms with E-state index in [0.717, 1.165) is 31.5 Å². The monoisotopic (exact) mass is 388 g/mol. The van der Waals surface area contributed by atoms with Crippen molar-refractivity contribution in [2.45, 2.75) is 51.6 Å². The lowest BCUT2D eigenvalue weighted by Gasteiger charge is -2.27. The van der Waals surface area contributed by atoms with Gasteiger partial charge in [0.2, 0.25) is 5.91 Å². The van der Waals surface area contributed by atoms with E-state index in [2.05, 4.69) is 39.6 Å². The van der Waals surface area contributed by atoms with Crippen molar-refractivity contribution in [2.24, 2.45) is 5.92 Å². The molecule has 1 aliphatic rings. The molecule has 0 radical (unpaired) electrons. The number of hydrogen-bond donors (Lipinski definition) is 1. The molecule has 0 bridgehead atoms. The van der Waals surface area contributed by atoms with Crippen molar-refractivity contribution in [1.82, 2.24) is 30.4 Å². The number of nitrogens with one attached hydrogen (secondary N) is 1. The van der Waals surface area contributed by atoms with Gasteiger partial charge in [-0.25, -0.2) is 9.07 Å². The van der Waals surface area contributed by atoms with E-state index in [-0.39, 0.29) is 23.8 Å². The van der Waals surface area contributed by atoms with Crippen LogP contribution in [0.15, 0.2) is 30.6 Å². The summed E-state index contributed by atoms with van der Waals surface area (Å²) in [6.45, 7) is 6.61. The number of carbonyl (C=O) groups excluding carboxylic acids is 1. The van der Waals surface area contributed by atoms with E-state index in [4.69, 9.17) is 0 Å². The molecule has 0 saturated carbocycles. The summed E-state index contributed by atoms with van der Waals surface area (Å²) in [4.78, 5) is 15.2. The van der Waals surface area contributed by atoms with Crippen molar-refractivity contribution >= 4 is 5.91 Å². The number of amides is 1. The quantitative estimate of drug-likeness (QED) is 0.713. The molecule has 1 aromatic heterocycles. The van der Waals surface area contributed by atoms with Gasteiger partial charge < -0.3 is 5.32 Å². The fourth-order valence-corrected chi connectivity index (χ4v) is 3.86. The van der Waals surface area contributed by atoms with Gasteiger partial charge in [-0.1, -0.05) is 38.8 Å². The second-order valence-electron chi connectivity index (χ2n) is 7.50. The fraction of sp³-hybridized carbons (Fsp3) is 0.600. The van der Waals surface area contributed by atoms with Crippen molar-refractivity contribution in [2.75, 3.05) is 19.6 Å². The second-order valence-corrected chi connectivity index (χ2v) is 7.50. The Labute approximate surface area is 165 Å². The van der Waals surface area contributed by atoms with Gasteiger partial charge in [-0.2, -0.15) is 0 Å². The maximum absolute atomic E-state index is 13.0. The standard InChI is InChI=1S/C20H29FN6O/c1-3-15(4-2)12-26-13-18(27-14-23-24-25-27)11-19(26)20(28)22-10-9-16-5-7-17(21)8-6-16/h5-8,14-15,18-19H,3-4,9-13H2,1-2H3,(H,22,28)/t18-,19-/m0/s1. The Balaban J connectivity index is 1.60. The molecule has 2 atom stereocenters. The van der Waals surface area contributed by atoms with E-state index in [1.807, 2.05) is 0 Å². The summed E-state index contributed by atoms with van der Waals surface area (Å²) in [6, 6.07) is 6.33. The zero-order valence-electron chi connectivity index (χ0n) is 16.6. The molecule has 2 heterocycles. The Morgan fingerprint density at radius 2 is 2.04 bits per heavy atom. The summed E-state index contributed by atoms with van der Waals surface area (Å²) < 4.78 is 14.8. The minimum absolute atomic E-state index is 0.0450. The first-order valence-electron chi connectivity index (χ1n) is 10.1. The molecule has 2 aromatic rings. The van der Waals surface area contributed by atoms with Crippen LogP contribution in [-0.4, -0.2) is 56.7 Å². The molecule has 1 aliphatic heterocycles. The van der Waals surface area contributed by atoms with Crippen LogP contribution in [0.1, 0.15) is 44.7 Å². The molecule has 8 heteroatoms. The summed E-state index contributed by atoms with van der Waals surface area (Å²) in [5.41, 5.74) is 1.01. The largest absolute Gasteiger partial charge is 0.354 e. The summed E-state index contributed by atoms with van der Waals surface area (Å²) in [5, 5.41) is 14.5. The number of tetrazole rings is 1. The van der Waals surface area contributed by atoms with Crippen LogP contribution in [0.3, 0.4) is 0 Å². The van der Waals surface area contributed by atoms with Crippen LogP contribution in [-0.2, 0) is 11.2 Å². The molecule has 1 fully saturated rings. The Morgan fingerprint density at radius 3 is 2.68 bits per heavy atom. The summed E-state index contributed by atoms with van der Waals surface area (Å²) in [7, 11) is 0. The molecule has 1 aromatic carbocycles. The van der Waals surface area contributed by atoms with Crippen molar-refractivity contribution in [3.63, 3.8) is 0 Å². The molecule has 1 saturated heterocycles. The van der Waals surface area contributed by atoms with Gasteiger partial charge in [-0.3, -0.25) is 9.69 Å². The molecule has 152 valence electrons. The molecule has 0 aliphatic carbocycles. The zero-order chi connectivity index (χ0) is 19.9. The third-order valence-corrected chi connectivity index (χ3v) is 5.70. The van der Waals surface area contributed by atoms with Crippen molar-refractivity contribution in [3.8, 4) is 0 Å². The van der Waals surface area contributed by atoms with Crippen LogP contribution in [0.4, 0.5) is 4.39 Å². The fourth-order valence-electron chi connectivity index (χ4n) is 3.86. The van der Waals surface area contributed by atoms with Gasteiger partial charge in [-0.15, -0.1) is 5.10 Å². The van der Waals surface area contributed by atoms with Crippen LogP contribution in [0.25, 0.3) is 0 Å². The van der Waals surface area contributed by atoms with Crippen molar-refractivity contribution in [3.05, 3.63) is 42.0 Å². The maximum atomic E-state index is 13.0. The summed E-state index contributed by atoms with van der Waals surface area (Å²) >= 11 is 0. The maximum Gasteiger partial charge on any atom is 0.237 e. The minimum atomic E-state index is -0.246. The predicted octanol–water partition coefficient (Wildman–Crippen LogP) is 2.22. The van der Waals surface area contributed by atoms with Crippen LogP contribution >= 0.6 is 0 Å². The molecular weight excluding hydrogens is 359 g/mol. The van der Waals surface area contributed by atoms with Gasteiger partial charge in [0.15, 0.2) is 0 Å². The molecular formula is C20H29FN6O. The number of benzene rings is 1. The first kappa shape index (κ1) is 20.4. The third-order valence-electron chi connectivity index (χ3n) is 5.70. The first-order chi connectivity index (χ1) is 13.6. The van der Waals surface area contributed by atoms with E-state index in [1.165, 1.54) is 12.1 Å². The van der Waals surface area contributed by atoms with Crippen molar-refractivity contribution in [1.29, 1.82) is 0 Å². The van der Waals surface area contributed by atoms with Crippen molar-refractivity contribution < 1.29 is 9.18 Å². The van der Waals surface area contributed by atoms with Gasteiger partial charge in [-0.05, 0) is 46.9 Å².